The van der Waals surface area contributed by atoms with Crippen LogP contribution < -0.4 is 5.73 Å². The first-order valence-electron chi connectivity index (χ1n) is 4.77. The molecule has 2 aromatic rings. The number of aromatic nitrogens is 2. The van der Waals surface area contributed by atoms with E-state index in [0.717, 1.165) is 6.07 Å². The van der Waals surface area contributed by atoms with E-state index < -0.39 is 17.4 Å². The highest BCUT2D eigenvalue weighted by atomic mass is 19.1. The number of nitrogens with two attached hydrogens (primary N) is 1. The van der Waals surface area contributed by atoms with Crippen LogP contribution in [0.3, 0.4) is 0 Å². The van der Waals surface area contributed by atoms with Gasteiger partial charge in [0.2, 0.25) is 0 Å². The molecule has 0 unspecified atom stereocenters. The smallest absolute Gasteiger partial charge is 0.186 e. The van der Waals surface area contributed by atoms with Crippen molar-refractivity contribution in [3.05, 3.63) is 35.5 Å². The summed E-state index contributed by atoms with van der Waals surface area (Å²) < 4.78 is 26.3. The van der Waals surface area contributed by atoms with E-state index >= 15 is 0 Å². The first-order valence-corrected chi connectivity index (χ1v) is 4.77. The number of anilines is 1. The van der Waals surface area contributed by atoms with Crippen LogP contribution in [-0.4, -0.2) is 15.1 Å². The van der Waals surface area contributed by atoms with Crippen LogP contribution in [0.25, 0.3) is 11.4 Å². The molecule has 1 aromatic carbocycles. The average molecular weight is 237 g/mol. The standard InChI is InChI=1S/C11H9F2N3O/c1-5-9(13)10(14)16-11(15-5)6-2-3-8(17)7(12)4-6/h2-4,17H,1H3,(H2,14,15,16). The molecule has 6 heteroatoms. The Hall–Kier alpha value is -2.24. The molecule has 0 saturated heterocycles. The molecule has 1 aromatic heterocycles. The Morgan fingerprint density at radius 2 is 1.94 bits per heavy atom. The Morgan fingerprint density at radius 1 is 1.24 bits per heavy atom. The third kappa shape index (κ3) is 2.01. The SMILES string of the molecule is Cc1nc(-c2ccc(O)c(F)c2)nc(N)c1F. The van der Waals surface area contributed by atoms with Gasteiger partial charge in [-0.1, -0.05) is 0 Å². The average Bonchev–Trinajstić information content (AvgIpc) is 2.29. The first kappa shape index (κ1) is 11.3. The predicted molar refractivity (Wildman–Crippen MR) is 58.2 cm³/mol. The second-order valence-electron chi connectivity index (χ2n) is 3.50. The summed E-state index contributed by atoms with van der Waals surface area (Å²) in [4.78, 5) is 7.58. The highest BCUT2D eigenvalue weighted by Gasteiger charge is 2.11. The molecule has 0 aliphatic carbocycles. The van der Waals surface area contributed by atoms with Crippen molar-refractivity contribution >= 4 is 5.82 Å². The van der Waals surface area contributed by atoms with Crippen LogP contribution in [0, 0.1) is 18.6 Å². The predicted octanol–water partition coefficient (Wildman–Crippen LogP) is 2.02. The summed E-state index contributed by atoms with van der Waals surface area (Å²) in [7, 11) is 0. The number of hydrogen-bond acceptors (Lipinski definition) is 4. The third-order valence-electron chi connectivity index (χ3n) is 2.25. The van der Waals surface area contributed by atoms with Crippen LogP contribution in [0.5, 0.6) is 5.75 Å². The second kappa shape index (κ2) is 3.97. The van der Waals surface area contributed by atoms with Crippen LogP contribution in [0.4, 0.5) is 14.6 Å². The van der Waals surface area contributed by atoms with Crippen molar-refractivity contribution in [3.8, 4) is 17.1 Å². The Bertz CT molecular complexity index is 564. The maximum Gasteiger partial charge on any atom is 0.186 e. The van der Waals surface area contributed by atoms with E-state index in [9.17, 15) is 8.78 Å². The molecule has 88 valence electrons. The number of phenols is 1. The molecule has 4 nitrogen and oxygen atoms in total. The number of benzene rings is 1. The number of halogens is 2. The van der Waals surface area contributed by atoms with Gasteiger partial charge in [0, 0.05) is 5.56 Å². The Kier molecular flexibility index (Phi) is 2.63. The van der Waals surface area contributed by atoms with E-state index in [-0.39, 0.29) is 17.3 Å². The fourth-order valence-corrected chi connectivity index (χ4v) is 1.36. The van der Waals surface area contributed by atoms with Gasteiger partial charge in [-0.25, -0.2) is 18.7 Å². The maximum absolute atomic E-state index is 13.2. The first-order chi connectivity index (χ1) is 7.99. The van der Waals surface area contributed by atoms with Crippen molar-refractivity contribution in [2.24, 2.45) is 0 Å². The van der Waals surface area contributed by atoms with Crippen LogP contribution >= 0.6 is 0 Å². The number of aromatic hydroxyl groups is 1. The minimum Gasteiger partial charge on any atom is -0.505 e. The van der Waals surface area contributed by atoms with Crippen LogP contribution in [0.1, 0.15) is 5.69 Å². The van der Waals surface area contributed by atoms with Crippen molar-refractivity contribution in [1.82, 2.24) is 9.97 Å². The lowest BCUT2D eigenvalue weighted by Crippen LogP contribution is -2.03. The van der Waals surface area contributed by atoms with Gasteiger partial charge in [0.15, 0.2) is 29.0 Å². The van der Waals surface area contributed by atoms with Gasteiger partial charge in [-0.15, -0.1) is 0 Å². The summed E-state index contributed by atoms with van der Waals surface area (Å²) in [5, 5.41) is 9.04. The van der Waals surface area contributed by atoms with Crippen molar-refractivity contribution in [3.63, 3.8) is 0 Å². The molecule has 0 aliphatic rings. The fourth-order valence-electron chi connectivity index (χ4n) is 1.36. The van der Waals surface area contributed by atoms with Gasteiger partial charge in [-0.05, 0) is 25.1 Å². The van der Waals surface area contributed by atoms with Crippen molar-refractivity contribution in [1.29, 1.82) is 0 Å². The van der Waals surface area contributed by atoms with E-state index in [0.29, 0.717) is 5.56 Å². The molecule has 0 radical (unpaired) electrons. The molecular weight excluding hydrogens is 228 g/mol. The fraction of sp³-hybridized carbons (Fsp3) is 0.0909. The number of rotatable bonds is 1. The van der Waals surface area contributed by atoms with E-state index in [1.54, 1.807) is 0 Å². The van der Waals surface area contributed by atoms with Crippen LogP contribution in [0.15, 0.2) is 18.2 Å². The number of nitrogen functional groups attached to an aromatic ring is 1. The van der Waals surface area contributed by atoms with Gasteiger partial charge < -0.3 is 10.8 Å². The van der Waals surface area contributed by atoms with Crippen molar-refractivity contribution in [2.75, 3.05) is 5.73 Å². The van der Waals surface area contributed by atoms with Gasteiger partial charge in [0.1, 0.15) is 0 Å². The molecule has 0 bridgehead atoms. The van der Waals surface area contributed by atoms with Gasteiger partial charge in [-0.3, -0.25) is 0 Å². The van der Waals surface area contributed by atoms with Crippen molar-refractivity contribution in [2.45, 2.75) is 6.92 Å². The van der Waals surface area contributed by atoms with Gasteiger partial charge >= 0.3 is 0 Å². The Labute approximate surface area is 95.8 Å². The summed E-state index contributed by atoms with van der Waals surface area (Å²) in [6, 6.07) is 3.65. The zero-order valence-corrected chi connectivity index (χ0v) is 8.91. The molecule has 17 heavy (non-hydrogen) atoms. The van der Waals surface area contributed by atoms with Gasteiger partial charge in [-0.2, -0.15) is 0 Å². The summed E-state index contributed by atoms with van der Waals surface area (Å²) in [5.41, 5.74) is 5.76. The molecule has 0 fully saturated rings. The zero-order chi connectivity index (χ0) is 12.6. The molecule has 0 atom stereocenters. The zero-order valence-electron chi connectivity index (χ0n) is 8.91. The molecular formula is C11H9F2N3O. The number of hydrogen-bond donors (Lipinski definition) is 2. The number of aryl methyl sites for hydroxylation is 1. The number of nitrogens with zero attached hydrogens (tertiary/aromatic N) is 2. The Morgan fingerprint density at radius 3 is 2.53 bits per heavy atom. The molecule has 0 amide bonds. The summed E-state index contributed by atoms with van der Waals surface area (Å²) in [6.45, 7) is 1.44. The third-order valence-corrected chi connectivity index (χ3v) is 2.25. The molecule has 3 N–H and O–H groups in total. The van der Waals surface area contributed by atoms with Gasteiger partial charge in [0.05, 0.1) is 5.69 Å². The lowest BCUT2D eigenvalue weighted by molar-refractivity contribution is 0.432. The van der Waals surface area contributed by atoms with E-state index in [1.165, 1.54) is 19.1 Å². The molecule has 0 aliphatic heterocycles. The van der Waals surface area contributed by atoms with Gasteiger partial charge in [0.25, 0.3) is 0 Å². The molecule has 0 spiro atoms. The topological polar surface area (TPSA) is 72.0 Å². The number of phenolic OH excluding ortho intramolecular Hbond substituents is 1. The monoisotopic (exact) mass is 237 g/mol. The summed E-state index contributed by atoms with van der Waals surface area (Å²) in [5.74, 6) is -2.14. The molecule has 0 saturated carbocycles. The minimum atomic E-state index is -0.799. The quantitative estimate of drug-likeness (QED) is 0.795. The van der Waals surface area contributed by atoms with E-state index in [1.807, 2.05) is 0 Å². The molecule has 2 rings (SSSR count). The highest BCUT2D eigenvalue weighted by molar-refractivity contribution is 5.58. The van der Waals surface area contributed by atoms with Crippen LogP contribution in [0.2, 0.25) is 0 Å². The largest absolute Gasteiger partial charge is 0.505 e. The molecule has 1 heterocycles. The highest BCUT2D eigenvalue weighted by Crippen LogP contribution is 2.24. The van der Waals surface area contributed by atoms with Crippen molar-refractivity contribution < 1.29 is 13.9 Å². The summed E-state index contributed by atoms with van der Waals surface area (Å²) >= 11 is 0. The minimum absolute atomic E-state index is 0.0842. The lowest BCUT2D eigenvalue weighted by Gasteiger charge is -2.05. The Balaban J connectivity index is 2.57. The van der Waals surface area contributed by atoms with Crippen LogP contribution in [-0.2, 0) is 0 Å². The summed E-state index contributed by atoms with van der Waals surface area (Å²) in [6.07, 6.45) is 0. The second-order valence-corrected chi connectivity index (χ2v) is 3.50. The lowest BCUT2D eigenvalue weighted by atomic mass is 10.2. The van der Waals surface area contributed by atoms with E-state index in [2.05, 4.69) is 9.97 Å². The van der Waals surface area contributed by atoms with E-state index in [4.69, 9.17) is 10.8 Å². The maximum atomic E-state index is 13.2. The normalized spacial score (nSPS) is 10.5.